The van der Waals surface area contributed by atoms with Crippen LogP contribution in [0.1, 0.15) is 24.2 Å². The molecule has 0 spiro atoms. The normalized spacial score (nSPS) is 11.1. The second kappa shape index (κ2) is 10.2. The van der Waals surface area contributed by atoms with Crippen LogP contribution in [0.15, 0.2) is 24.3 Å². The Balaban J connectivity index is 0.00000280. The zero-order valence-corrected chi connectivity index (χ0v) is 19.2. The molecule has 2 heterocycles. The number of benzene rings is 1. The fraction of sp³-hybridized carbons (Fsp3) is 0.333. The summed E-state index contributed by atoms with van der Waals surface area (Å²) in [5.41, 5.74) is 1.02. The Bertz CT molecular complexity index is 959. The molecule has 0 unspecified atom stereocenters. The fourth-order valence-electron chi connectivity index (χ4n) is 2.70. The highest BCUT2D eigenvalue weighted by atomic mass is 35.5. The Labute approximate surface area is 187 Å². The first-order valence-corrected chi connectivity index (χ1v) is 10.9. The molecule has 1 amide bonds. The summed E-state index contributed by atoms with van der Waals surface area (Å²) in [5.74, 6) is -0.582. The van der Waals surface area contributed by atoms with Gasteiger partial charge in [0.05, 0.1) is 20.1 Å². The average molecular weight is 483 g/mol. The molecular weight excluding hydrogens is 464 g/mol. The third-order valence-corrected chi connectivity index (χ3v) is 6.77. The van der Waals surface area contributed by atoms with Gasteiger partial charge in [-0.05, 0) is 37.4 Å². The van der Waals surface area contributed by atoms with Gasteiger partial charge < -0.3 is 4.90 Å². The van der Waals surface area contributed by atoms with Gasteiger partial charge in [-0.25, -0.2) is 9.37 Å². The number of thiophene rings is 1. The van der Waals surface area contributed by atoms with Crippen LogP contribution in [0.25, 0.3) is 10.2 Å². The summed E-state index contributed by atoms with van der Waals surface area (Å²) in [7, 11) is 0. The largest absolute Gasteiger partial charge is 0.302 e. The van der Waals surface area contributed by atoms with Crippen molar-refractivity contribution in [2.45, 2.75) is 13.8 Å². The first-order valence-electron chi connectivity index (χ1n) is 8.48. The lowest BCUT2D eigenvalue weighted by Crippen LogP contribution is -2.38. The molecule has 3 aromatic rings. The van der Waals surface area contributed by atoms with E-state index in [1.165, 1.54) is 23.5 Å². The van der Waals surface area contributed by atoms with Crippen LogP contribution in [-0.2, 0) is 0 Å². The van der Waals surface area contributed by atoms with Crippen molar-refractivity contribution in [3.05, 3.63) is 44.3 Å². The number of halogens is 4. The summed E-state index contributed by atoms with van der Waals surface area (Å²) in [6.07, 6.45) is 0. The monoisotopic (exact) mass is 481 g/mol. The lowest BCUT2D eigenvalue weighted by atomic mass is 10.3. The van der Waals surface area contributed by atoms with E-state index in [0.29, 0.717) is 42.7 Å². The van der Waals surface area contributed by atoms with Gasteiger partial charge in [0.15, 0.2) is 5.13 Å². The number of hydrogen-bond acceptors (Lipinski definition) is 5. The third kappa shape index (κ3) is 5.14. The van der Waals surface area contributed by atoms with Crippen LogP contribution in [0, 0.1) is 5.82 Å². The van der Waals surface area contributed by atoms with Gasteiger partial charge in [0, 0.05) is 13.1 Å². The van der Waals surface area contributed by atoms with Gasteiger partial charge in [0.1, 0.15) is 10.2 Å². The van der Waals surface area contributed by atoms with Crippen LogP contribution >= 0.6 is 58.3 Å². The van der Waals surface area contributed by atoms with Crippen molar-refractivity contribution in [1.82, 2.24) is 9.88 Å². The predicted octanol–water partition coefficient (Wildman–Crippen LogP) is 6.21. The van der Waals surface area contributed by atoms with E-state index in [9.17, 15) is 9.18 Å². The van der Waals surface area contributed by atoms with Crippen LogP contribution in [0.3, 0.4) is 0 Å². The smallest absolute Gasteiger partial charge is 0.262 e. The Morgan fingerprint density at radius 3 is 2.46 bits per heavy atom. The summed E-state index contributed by atoms with van der Waals surface area (Å²) in [6, 6.07) is 5.99. The molecule has 0 aliphatic heterocycles. The molecule has 10 heteroatoms. The number of amides is 1. The van der Waals surface area contributed by atoms with Crippen LogP contribution in [0.4, 0.5) is 9.52 Å². The van der Waals surface area contributed by atoms with Crippen molar-refractivity contribution in [2.75, 3.05) is 31.1 Å². The van der Waals surface area contributed by atoms with E-state index >= 15 is 0 Å². The Morgan fingerprint density at radius 2 is 1.86 bits per heavy atom. The minimum atomic E-state index is -0.327. The first-order chi connectivity index (χ1) is 12.9. The van der Waals surface area contributed by atoms with Gasteiger partial charge in [-0.2, -0.15) is 0 Å². The number of aromatic nitrogens is 1. The van der Waals surface area contributed by atoms with Gasteiger partial charge in [-0.3, -0.25) is 9.69 Å². The summed E-state index contributed by atoms with van der Waals surface area (Å²) in [6.45, 7) is 7.06. The van der Waals surface area contributed by atoms with Crippen molar-refractivity contribution in [1.29, 1.82) is 0 Å². The Kier molecular flexibility index (Phi) is 8.48. The number of fused-ring (bicyclic) bond motifs is 1. The van der Waals surface area contributed by atoms with Gasteiger partial charge in [0.2, 0.25) is 0 Å². The summed E-state index contributed by atoms with van der Waals surface area (Å²) >= 11 is 14.7. The number of carbonyl (C=O) groups excluding carboxylic acids is 1. The van der Waals surface area contributed by atoms with E-state index in [4.69, 9.17) is 23.2 Å². The molecule has 0 atom stereocenters. The van der Waals surface area contributed by atoms with E-state index < -0.39 is 0 Å². The van der Waals surface area contributed by atoms with Crippen molar-refractivity contribution in [3.63, 3.8) is 0 Å². The van der Waals surface area contributed by atoms with Crippen LogP contribution < -0.4 is 4.90 Å². The molecule has 0 saturated carbocycles. The van der Waals surface area contributed by atoms with Gasteiger partial charge >= 0.3 is 0 Å². The highest BCUT2D eigenvalue weighted by Crippen LogP contribution is 2.35. The molecule has 0 saturated heterocycles. The number of nitrogens with zero attached hydrogens (tertiary/aromatic N) is 3. The highest BCUT2D eigenvalue weighted by Gasteiger charge is 2.25. The molecule has 2 aromatic heterocycles. The molecule has 0 fully saturated rings. The molecule has 0 bridgehead atoms. The maximum atomic E-state index is 13.5. The van der Waals surface area contributed by atoms with Crippen LogP contribution in [0.2, 0.25) is 8.67 Å². The summed E-state index contributed by atoms with van der Waals surface area (Å²) in [4.78, 5) is 21.5. The molecule has 152 valence electrons. The van der Waals surface area contributed by atoms with Gasteiger partial charge in [0.25, 0.3) is 5.91 Å². The molecule has 0 aliphatic rings. The molecule has 0 radical (unpaired) electrons. The van der Waals surface area contributed by atoms with Crippen LogP contribution in [-0.4, -0.2) is 42.0 Å². The summed E-state index contributed by atoms with van der Waals surface area (Å²) < 4.78 is 15.0. The zero-order chi connectivity index (χ0) is 19.6. The number of carbonyl (C=O) groups is 1. The summed E-state index contributed by atoms with van der Waals surface area (Å²) in [5, 5.41) is 0.520. The lowest BCUT2D eigenvalue weighted by molar-refractivity contribution is 0.0984. The van der Waals surface area contributed by atoms with Crippen molar-refractivity contribution in [3.8, 4) is 0 Å². The van der Waals surface area contributed by atoms with E-state index in [-0.39, 0.29) is 24.1 Å². The quantitative estimate of drug-likeness (QED) is 0.401. The first kappa shape index (κ1) is 23.3. The maximum Gasteiger partial charge on any atom is 0.262 e. The van der Waals surface area contributed by atoms with Crippen LogP contribution in [0.5, 0.6) is 0 Å². The minimum absolute atomic E-state index is 0. The van der Waals surface area contributed by atoms with Crippen molar-refractivity contribution < 1.29 is 9.18 Å². The molecular formula is C18H19Cl3FN3OS2. The van der Waals surface area contributed by atoms with E-state index in [2.05, 4.69) is 23.7 Å². The number of rotatable bonds is 7. The second-order valence-electron chi connectivity index (χ2n) is 5.83. The van der Waals surface area contributed by atoms with E-state index in [1.807, 2.05) is 0 Å². The number of thiazole rings is 1. The fourth-order valence-corrected chi connectivity index (χ4v) is 5.16. The number of likely N-dealkylation sites (N-methyl/N-ethyl adjacent to an activating group) is 1. The van der Waals surface area contributed by atoms with Crippen molar-refractivity contribution in [2.24, 2.45) is 0 Å². The molecule has 1 aromatic carbocycles. The van der Waals surface area contributed by atoms with Crippen molar-refractivity contribution >= 4 is 79.5 Å². The third-order valence-electron chi connectivity index (χ3n) is 4.24. The molecule has 4 nitrogen and oxygen atoms in total. The topological polar surface area (TPSA) is 36.4 Å². The minimum Gasteiger partial charge on any atom is -0.302 e. The maximum absolute atomic E-state index is 13.5. The van der Waals surface area contributed by atoms with Gasteiger partial charge in [-0.15, -0.1) is 23.7 Å². The van der Waals surface area contributed by atoms with Gasteiger partial charge in [-0.1, -0.05) is 48.4 Å². The number of anilines is 1. The molecule has 0 aliphatic carbocycles. The average Bonchev–Trinajstić information content (AvgIpc) is 3.20. The number of hydrogen-bond donors (Lipinski definition) is 0. The zero-order valence-electron chi connectivity index (χ0n) is 15.2. The van der Waals surface area contributed by atoms with E-state index in [0.717, 1.165) is 24.4 Å². The Hall–Kier alpha value is -0.960. The lowest BCUT2D eigenvalue weighted by Gasteiger charge is -2.24. The molecule has 28 heavy (non-hydrogen) atoms. The SMILES string of the molecule is CCN(CC)CCN(C(=O)c1cc(Cl)sc1Cl)c1nc2ccc(F)cc2s1.Cl. The predicted molar refractivity (Wildman–Crippen MR) is 121 cm³/mol. The highest BCUT2D eigenvalue weighted by molar-refractivity contribution is 7.22. The molecule has 3 rings (SSSR count). The molecule has 0 N–H and O–H groups in total. The Morgan fingerprint density at radius 1 is 1.14 bits per heavy atom. The second-order valence-corrected chi connectivity index (χ2v) is 9.12. The standard InChI is InChI=1S/C18H18Cl2FN3OS2.ClH/c1-3-23(4-2)7-8-24(17(25)12-10-15(19)27-16(12)20)18-22-13-6-5-11(21)9-14(13)26-18;/h5-6,9-10H,3-4,7-8H2,1-2H3;1H. The van der Waals surface area contributed by atoms with E-state index in [1.54, 1.807) is 17.0 Å².